The van der Waals surface area contributed by atoms with Crippen molar-refractivity contribution in [1.29, 1.82) is 0 Å². The smallest absolute Gasteiger partial charge is 0.313 e. The van der Waals surface area contributed by atoms with Gasteiger partial charge in [-0.3, -0.25) is 0 Å². The molecule has 0 aliphatic heterocycles. The first-order valence-electron chi connectivity index (χ1n) is 5.50. The van der Waals surface area contributed by atoms with Gasteiger partial charge in [-0.25, -0.2) is 0 Å². The summed E-state index contributed by atoms with van der Waals surface area (Å²) in [5, 5.41) is 3.02. The van der Waals surface area contributed by atoms with Gasteiger partial charge in [-0.2, -0.15) is 13.2 Å². The lowest BCUT2D eigenvalue weighted by atomic mass is 9.91. The lowest BCUT2D eigenvalue weighted by Crippen LogP contribution is -2.34. The summed E-state index contributed by atoms with van der Waals surface area (Å²) in [5.74, 6) is 0.480. The maximum absolute atomic E-state index is 11.9. The highest BCUT2D eigenvalue weighted by atomic mass is 19.4. The van der Waals surface area contributed by atoms with Crippen LogP contribution in [0.4, 0.5) is 13.2 Å². The van der Waals surface area contributed by atoms with E-state index in [0.717, 1.165) is 12.8 Å². The number of rotatable bonds is 3. The molecule has 15 heavy (non-hydrogen) atoms. The monoisotopic (exact) mass is 223 g/mol. The molecule has 1 rings (SSSR count). The molecule has 90 valence electrons. The molecule has 4 heteroatoms. The molecule has 0 spiro atoms. The van der Waals surface area contributed by atoms with Crippen LogP contribution in [0.2, 0.25) is 0 Å². The fourth-order valence-electron chi connectivity index (χ4n) is 2.57. The number of nitrogens with one attached hydrogen (secondary N) is 1. The van der Waals surface area contributed by atoms with E-state index in [9.17, 15) is 13.2 Å². The van der Waals surface area contributed by atoms with Crippen LogP contribution in [0.25, 0.3) is 0 Å². The summed E-state index contributed by atoms with van der Waals surface area (Å²) < 4.78 is 35.8. The number of halogens is 3. The van der Waals surface area contributed by atoms with Crippen LogP contribution in [0.3, 0.4) is 0 Å². The Kier molecular flexibility index (Phi) is 3.69. The Morgan fingerprint density at radius 3 is 2.27 bits per heavy atom. The molecule has 1 aliphatic rings. The largest absolute Gasteiger partial charge is 0.390 e. The molecule has 2 unspecified atom stereocenters. The van der Waals surface area contributed by atoms with Crippen LogP contribution < -0.4 is 5.32 Å². The molecule has 2 atom stereocenters. The minimum Gasteiger partial charge on any atom is -0.313 e. The molecule has 0 amide bonds. The molecule has 1 fully saturated rings. The Bertz CT molecular complexity index is 210. The maximum Gasteiger partial charge on any atom is 0.390 e. The number of hydrogen-bond donors (Lipinski definition) is 1. The van der Waals surface area contributed by atoms with Crippen molar-refractivity contribution in [3.63, 3.8) is 0 Å². The van der Waals surface area contributed by atoms with Crippen molar-refractivity contribution in [1.82, 2.24) is 5.32 Å². The van der Waals surface area contributed by atoms with Gasteiger partial charge in [-0.1, -0.05) is 20.8 Å². The molecule has 1 saturated carbocycles. The Morgan fingerprint density at radius 1 is 1.27 bits per heavy atom. The Hall–Kier alpha value is -0.250. The Balaban J connectivity index is 2.29. The van der Waals surface area contributed by atoms with Crippen LogP contribution in [-0.4, -0.2) is 18.8 Å². The van der Waals surface area contributed by atoms with Crippen LogP contribution in [0.5, 0.6) is 0 Å². The molecule has 1 N–H and O–H groups in total. The molecular weight excluding hydrogens is 203 g/mol. The summed E-state index contributed by atoms with van der Waals surface area (Å²) in [6.07, 6.45) is -2.69. The summed E-state index contributed by atoms with van der Waals surface area (Å²) in [4.78, 5) is 0. The normalized spacial score (nSPS) is 30.8. The number of hydrogen-bond acceptors (Lipinski definition) is 1. The van der Waals surface area contributed by atoms with Crippen molar-refractivity contribution < 1.29 is 13.2 Å². The van der Waals surface area contributed by atoms with E-state index in [2.05, 4.69) is 26.1 Å². The molecule has 0 aromatic rings. The predicted molar refractivity (Wildman–Crippen MR) is 54.6 cm³/mol. The first-order chi connectivity index (χ1) is 6.70. The summed E-state index contributed by atoms with van der Waals surface area (Å²) in [7, 11) is 0. The lowest BCUT2D eigenvalue weighted by molar-refractivity contribution is -0.133. The molecule has 0 saturated heterocycles. The topological polar surface area (TPSA) is 12.0 Å². The van der Waals surface area contributed by atoms with Gasteiger partial charge in [0.2, 0.25) is 0 Å². The molecular formula is C11H20F3N. The third-order valence-corrected chi connectivity index (χ3v) is 3.15. The van der Waals surface area contributed by atoms with E-state index in [1.807, 2.05) is 0 Å². The minimum absolute atomic E-state index is 0.0502. The zero-order chi connectivity index (χ0) is 11.7. The SMILES string of the molecule is CC1CC(C)(C)CC1NCCC(F)(F)F. The van der Waals surface area contributed by atoms with Crippen LogP contribution in [-0.2, 0) is 0 Å². The Morgan fingerprint density at radius 2 is 1.87 bits per heavy atom. The standard InChI is InChI=1S/C11H20F3N/c1-8-6-10(2,3)7-9(8)15-5-4-11(12,13)14/h8-9,15H,4-7H2,1-3H3. The third kappa shape index (κ3) is 4.41. The van der Waals surface area contributed by atoms with E-state index in [4.69, 9.17) is 0 Å². The van der Waals surface area contributed by atoms with Gasteiger partial charge < -0.3 is 5.32 Å². The highest BCUT2D eigenvalue weighted by Crippen LogP contribution is 2.40. The minimum atomic E-state index is -4.04. The second-order valence-corrected chi connectivity index (χ2v) is 5.48. The molecule has 1 aliphatic carbocycles. The van der Waals surface area contributed by atoms with E-state index < -0.39 is 12.6 Å². The highest BCUT2D eigenvalue weighted by molar-refractivity contribution is 4.91. The quantitative estimate of drug-likeness (QED) is 0.773. The Labute approximate surface area is 89.4 Å². The van der Waals surface area contributed by atoms with E-state index >= 15 is 0 Å². The summed E-state index contributed by atoms with van der Waals surface area (Å²) in [6.45, 7) is 6.51. The average molecular weight is 223 g/mol. The van der Waals surface area contributed by atoms with Crippen LogP contribution in [0.15, 0.2) is 0 Å². The van der Waals surface area contributed by atoms with Gasteiger partial charge in [0, 0.05) is 12.6 Å². The van der Waals surface area contributed by atoms with Crippen molar-refractivity contribution in [2.24, 2.45) is 11.3 Å². The third-order valence-electron chi connectivity index (χ3n) is 3.15. The van der Waals surface area contributed by atoms with Gasteiger partial charge in [0.05, 0.1) is 6.42 Å². The summed E-state index contributed by atoms with van der Waals surface area (Å²) in [6, 6.07) is 0.252. The molecule has 0 radical (unpaired) electrons. The first kappa shape index (κ1) is 12.8. The summed E-state index contributed by atoms with van der Waals surface area (Å²) in [5.41, 5.74) is 0.273. The van der Waals surface area contributed by atoms with E-state index in [0.29, 0.717) is 5.92 Å². The maximum atomic E-state index is 11.9. The lowest BCUT2D eigenvalue weighted by Gasteiger charge is -2.19. The van der Waals surface area contributed by atoms with Gasteiger partial charge in [0.25, 0.3) is 0 Å². The second kappa shape index (κ2) is 4.32. The van der Waals surface area contributed by atoms with Gasteiger partial charge >= 0.3 is 6.18 Å². The highest BCUT2D eigenvalue weighted by Gasteiger charge is 2.36. The zero-order valence-corrected chi connectivity index (χ0v) is 9.62. The van der Waals surface area contributed by atoms with Gasteiger partial charge in [0.1, 0.15) is 0 Å². The van der Waals surface area contributed by atoms with Gasteiger partial charge in [0.15, 0.2) is 0 Å². The van der Waals surface area contributed by atoms with Crippen molar-refractivity contribution in [2.45, 2.75) is 52.3 Å². The van der Waals surface area contributed by atoms with E-state index in [-0.39, 0.29) is 18.0 Å². The molecule has 0 bridgehead atoms. The first-order valence-corrected chi connectivity index (χ1v) is 5.50. The van der Waals surface area contributed by atoms with E-state index in [1.165, 1.54) is 0 Å². The average Bonchev–Trinajstić information content (AvgIpc) is 2.22. The van der Waals surface area contributed by atoms with E-state index in [1.54, 1.807) is 0 Å². The molecule has 1 nitrogen and oxygen atoms in total. The van der Waals surface area contributed by atoms with Crippen molar-refractivity contribution in [2.75, 3.05) is 6.54 Å². The number of alkyl halides is 3. The van der Waals surface area contributed by atoms with Crippen LogP contribution >= 0.6 is 0 Å². The molecule has 0 heterocycles. The van der Waals surface area contributed by atoms with Crippen molar-refractivity contribution >= 4 is 0 Å². The van der Waals surface area contributed by atoms with Crippen LogP contribution in [0.1, 0.15) is 40.0 Å². The fraction of sp³-hybridized carbons (Fsp3) is 1.00. The zero-order valence-electron chi connectivity index (χ0n) is 9.62. The van der Waals surface area contributed by atoms with Crippen LogP contribution in [0, 0.1) is 11.3 Å². The summed E-state index contributed by atoms with van der Waals surface area (Å²) >= 11 is 0. The molecule has 0 aromatic carbocycles. The predicted octanol–water partition coefficient (Wildman–Crippen LogP) is 3.35. The van der Waals surface area contributed by atoms with Crippen molar-refractivity contribution in [3.05, 3.63) is 0 Å². The molecule has 0 aromatic heterocycles. The van der Waals surface area contributed by atoms with Gasteiger partial charge in [-0.15, -0.1) is 0 Å². The second-order valence-electron chi connectivity index (χ2n) is 5.48. The van der Waals surface area contributed by atoms with Crippen molar-refractivity contribution in [3.8, 4) is 0 Å². The fourth-order valence-corrected chi connectivity index (χ4v) is 2.57. The van der Waals surface area contributed by atoms with Gasteiger partial charge in [-0.05, 0) is 24.2 Å².